The van der Waals surface area contributed by atoms with Crippen molar-refractivity contribution < 1.29 is 0 Å². The molecule has 0 atom stereocenters. The quantitative estimate of drug-likeness (QED) is 0.634. The van der Waals surface area contributed by atoms with Crippen LogP contribution in [0.15, 0.2) is 24.3 Å². The van der Waals surface area contributed by atoms with E-state index in [-0.39, 0.29) is 0 Å². The zero-order valence-corrected chi connectivity index (χ0v) is 12.8. The first kappa shape index (κ1) is 13.7. The maximum atomic E-state index is 4.92. The van der Waals surface area contributed by atoms with Crippen LogP contribution in [0, 0.1) is 41.5 Å². The van der Waals surface area contributed by atoms with Gasteiger partial charge < -0.3 is 5.32 Å². The van der Waals surface area contributed by atoms with E-state index in [9.17, 15) is 0 Å². The monoisotopic (exact) mass is 252 g/mol. The Labute approximate surface area is 116 Å². The molecule has 2 aromatic carbocycles. The van der Waals surface area contributed by atoms with Gasteiger partial charge in [0.15, 0.2) is 0 Å². The van der Waals surface area contributed by atoms with Gasteiger partial charge in [-0.05, 0) is 41.5 Å². The van der Waals surface area contributed by atoms with Gasteiger partial charge in [-0.3, -0.25) is 0 Å². The molecule has 1 heteroatoms. The molecule has 2 aromatic rings. The van der Waals surface area contributed by atoms with Crippen LogP contribution in [0.2, 0.25) is 0 Å². The highest BCUT2D eigenvalue weighted by Gasteiger charge is 2.00. The van der Waals surface area contributed by atoms with Gasteiger partial charge in [0.2, 0.25) is 0 Å². The molecule has 0 unspecified atom stereocenters. The van der Waals surface area contributed by atoms with Crippen LogP contribution < -0.4 is 0 Å². The summed E-state index contributed by atoms with van der Waals surface area (Å²) in [5, 5.41) is 4.92. The van der Waals surface area contributed by atoms with Crippen LogP contribution >= 0.6 is 0 Å². The Morgan fingerprint density at radius 2 is 0.789 bits per heavy atom. The van der Waals surface area contributed by atoms with E-state index in [2.05, 4.69) is 65.8 Å². The SMILES string of the molecule is Cc1cc(C)c([N-]c2c(C)cc(C)cc2C)c(C)c1. The minimum Gasteiger partial charge on any atom is -0.657 e. The number of hydrogen-bond donors (Lipinski definition) is 0. The Morgan fingerprint density at radius 1 is 0.526 bits per heavy atom. The molecule has 0 N–H and O–H groups in total. The third kappa shape index (κ3) is 2.81. The van der Waals surface area contributed by atoms with E-state index in [1.165, 1.54) is 33.4 Å². The van der Waals surface area contributed by atoms with Crippen LogP contribution in [0.1, 0.15) is 33.4 Å². The zero-order valence-electron chi connectivity index (χ0n) is 12.8. The second kappa shape index (κ2) is 5.08. The molecule has 2 rings (SSSR count). The normalized spacial score (nSPS) is 10.6. The van der Waals surface area contributed by atoms with Gasteiger partial charge in [-0.2, -0.15) is 0 Å². The summed E-state index contributed by atoms with van der Waals surface area (Å²) in [6.07, 6.45) is 0. The molecule has 0 radical (unpaired) electrons. The molecule has 0 aliphatic carbocycles. The van der Waals surface area contributed by atoms with Gasteiger partial charge in [-0.1, -0.05) is 57.6 Å². The number of nitrogens with zero attached hydrogens (tertiary/aromatic N) is 1. The molecule has 0 aliphatic heterocycles. The largest absolute Gasteiger partial charge is 0.657 e. The van der Waals surface area contributed by atoms with E-state index in [4.69, 9.17) is 5.32 Å². The molecule has 0 bridgehead atoms. The van der Waals surface area contributed by atoms with Gasteiger partial charge in [-0.15, -0.1) is 11.4 Å². The molecule has 0 aromatic heterocycles. The van der Waals surface area contributed by atoms with Crippen molar-refractivity contribution in [3.05, 3.63) is 63.0 Å². The topological polar surface area (TPSA) is 14.1 Å². The fourth-order valence-electron chi connectivity index (χ4n) is 2.81. The predicted octanol–water partition coefficient (Wildman–Crippen LogP) is 5.87. The lowest BCUT2D eigenvalue weighted by molar-refractivity contribution is 1.30. The van der Waals surface area contributed by atoms with Crippen molar-refractivity contribution in [3.8, 4) is 0 Å². The first-order valence-electron chi connectivity index (χ1n) is 6.76. The van der Waals surface area contributed by atoms with Gasteiger partial charge in [-0.25, -0.2) is 0 Å². The standard InChI is InChI=1S/C18H22N/c1-11-7-13(3)17(14(4)8-11)19-18-15(5)9-12(2)10-16(18)6/h7-10H,1-6H3/q-1. The minimum absolute atomic E-state index is 1.11. The lowest BCUT2D eigenvalue weighted by atomic mass is 10.0. The fourth-order valence-corrected chi connectivity index (χ4v) is 2.81. The Balaban J connectivity index is 2.48. The molecule has 0 heterocycles. The van der Waals surface area contributed by atoms with Gasteiger partial charge >= 0.3 is 0 Å². The lowest BCUT2D eigenvalue weighted by Gasteiger charge is -2.31. The summed E-state index contributed by atoms with van der Waals surface area (Å²) in [5.74, 6) is 0. The summed E-state index contributed by atoms with van der Waals surface area (Å²) in [6.45, 7) is 12.8. The molecule has 0 aliphatic rings. The minimum atomic E-state index is 1.11. The maximum absolute atomic E-state index is 4.92. The van der Waals surface area contributed by atoms with Crippen LogP contribution in [-0.2, 0) is 0 Å². The first-order chi connectivity index (χ1) is 8.88. The van der Waals surface area contributed by atoms with Gasteiger partial charge in [0.25, 0.3) is 0 Å². The van der Waals surface area contributed by atoms with E-state index in [0.717, 1.165) is 11.4 Å². The van der Waals surface area contributed by atoms with Gasteiger partial charge in [0, 0.05) is 0 Å². The molecule has 0 amide bonds. The summed E-state index contributed by atoms with van der Waals surface area (Å²) in [7, 11) is 0. The summed E-state index contributed by atoms with van der Waals surface area (Å²) in [6, 6.07) is 8.80. The Hall–Kier alpha value is -1.76. The van der Waals surface area contributed by atoms with Crippen molar-refractivity contribution >= 4 is 11.4 Å². The third-order valence-electron chi connectivity index (χ3n) is 3.49. The Bertz CT molecular complexity index is 522. The number of hydrogen-bond acceptors (Lipinski definition) is 0. The third-order valence-corrected chi connectivity index (χ3v) is 3.49. The zero-order chi connectivity index (χ0) is 14.2. The highest BCUT2D eigenvalue weighted by atomic mass is 14.9. The van der Waals surface area contributed by atoms with Gasteiger partial charge in [0.1, 0.15) is 0 Å². The summed E-state index contributed by atoms with van der Waals surface area (Å²) < 4.78 is 0. The average molecular weight is 252 g/mol. The van der Waals surface area contributed by atoms with Crippen LogP contribution in [0.3, 0.4) is 0 Å². The lowest BCUT2D eigenvalue weighted by Crippen LogP contribution is -1.88. The first-order valence-corrected chi connectivity index (χ1v) is 6.76. The second-order valence-corrected chi connectivity index (χ2v) is 5.61. The predicted molar refractivity (Wildman–Crippen MR) is 84.0 cm³/mol. The highest BCUT2D eigenvalue weighted by molar-refractivity contribution is 5.77. The van der Waals surface area contributed by atoms with Crippen LogP contribution in [-0.4, -0.2) is 0 Å². The van der Waals surface area contributed by atoms with E-state index < -0.39 is 0 Å². The number of benzene rings is 2. The molecule has 0 saturated heterocycles. The van der Waals surface area contributed by atoms with Crippen molar-refractivity contribution in [1.82, 2.24) is 0 Å². The van der Waals surface area contributed by atoms with Crippen LogP contribution in [0.5, 0.6) is 0 Å². The molecular weight excluding hydrogens is 230 g/mol. The second-order valence-electron chi connectivity index (χ2n) is 5.61. The van der Waals surface area contributed by atoms with Crippen molar-refractivity contribution in [3.63, 3.8) is 0 Å². The smallest absolute Gasteiger partial charge is 0.0398 e. The molecule has 0 saturated carbocycles. The Kier molecular flexibility index (Phi) is 3.66. The molecule has 0 spiro atoms. The van der Waals surface area contributed by atoms with E-state index >= 15 is 0 Å². The van der Waals surface area contributed by atoms with E-state index in [1.54, 1.807) is 0 Å². The van der Waals surface area contributed by atoms with Crippen molar-refractivity contribution in [1.29, 1.82) is 0 Å². The Morgan fingerprint density at radius 3 is 1.05 bits per heavy atom. The summed E-state index contributed by atoms with van der Waals surface area (Å²) in [4.78, 5) is 0. The number of aryl methyl sites for hydroxylation is 6. The van der Waals surface area contributed by atoms with Gasteiger partial charge in [0.05, 0.1) is 0 Å². The highest BCUT2D eigenvalue weighted by Crippen LogP contribution is 2.40. The molecule has 0 fully saturated rings. The van der Waals surface area contributed by atoms with Crippen LogP contribution in [0.25, 0.3) is 5.32 Å². The number of rotatable bonds is 2. The van der Waals surface area contributed by atoms with Crippen molar-refractivity contribution in [2.75, 3.05) is 0 Å². The summed E-state index contributed by atoms with van der Waals surface area (Å²) in [5.41, 5.74) is 9.81. The maximum Gasteiger partial charge on any atom is -0.0398 e. The molecule has 100 valence electrons. The van der Waals surface area contributed by atoms with E-state index in [0.29, 0.717) is 0 Å². The molecule has 19 heavy (non-hydrogen) atoms. The van der Waals surface area contributed by atoms with Crippen molar-refractivity contribution in [2.24, 2.45) is 0 Å². The van der Waals surface area contributed by atoms with Crippen molar-refractivity contribution in [2.45, 2.75) is 41.5 Å². The van der Waals surface area contributed by atoms with E-state index in [1.807, 2.05) is 0 Å². The average Bonchev–Trinajstić information content (AvgIpc) is 2.25. The van der Waals surface area contributed by atoms with Crippen LogP contribution in [0.4, 0.5) is 11.4 Å². The molecular formula is C18H22N-. The summed E-state index contributed by atoms with van der Waals surface area (Å²) >= 11 is 0. The molecule has 1 nitrogen and oxygen atoms in total. The fraction of sp³-hybridized carbons (Fsp3) is 0.333.